The second-order valence-electron chi connectivity index (χ2n) is 4.73. The Balaban J connectivity index is 1.82. The van der Waals surface area contributed by atoms with E-state index in [0.29, 0.717) is 0 Å². The molecule has 124 valence electrons. The van der Waals surface area contributed by atoms with Gasteiger partial charge < -0.3 is 5.32 Å². The van der Waals surface area contributed by atoms with Crippen LogP contribution in [0.25, 0.3) is 0 Å². The SMILES string of the molecule is C[C@H](Sc1cc(F)ccc1F)C(=O)NCCN1C(=O)CSC1=O. The van der Waals surface area contributed by atoms with E-state index < -0.39 is 16.9 Å². The largest absolute Gasteiger partial charge is 0.353 e. The highest BCUT2D eigenvalue weighted by molar-refractivity contribution is 8.14. The lowest BCUT2D eigenvalue weighted by molar-refractivity contribution is -0.125. The van der Waals surface area contributed by atoms with E-state index in [0.717, 1.165) is 46.6 Å². The van der Waals surface area contributed by atoms with Gasteiger partial charge in [0.05, 0.1) is 11.0 Å². The summed E-state index contributed by atoms with van der Waals surface area (Å²) in [4.78, 5) is 35.8. The molecule has 1 fully saturated rings. The van der Waals surface area contributed by atoms with Crippen molar-refractivity contribution in [2.45, 2.75) is 17.1 Å². The third-order valence-corrected chi connectivity index (χ3v) is 5.03. The number of hydrogen-bond acceptors (Lipinski definition) is 5. The van der Waals surface area contributed by atoms with E-state index in [-0.39, 0.29) is 40.8 Å². The van der Waals surface area contributed by atoms with Crippen LogP contribution in [0.1, 0.15) is 6.92 Å². The summed E-state index contributed by atoms with van der Waals surface area (Å²) in [5.41, 5.74) is 0. The van der Waals surface area contributed by atoms with E-state index in [2.05, 4.69) is 5.32 Å². The highest BCUT2D eigenvalue weighted by Gasteiger charge is 2.29. The van der Waals surface area contributed by atoms with Crippen LogP contribution in [0.2, 0.25) is 0 Å². The number of nitrogens with zero attached hydrogens (tertiary/aromatic N) is 1. The summed E-state index contributed by atoms with van der Waals surface area (Å²) < 4.78 is 26.6. The molecule has 3 amide bonds. The van der Waals surface area contributed by atoms with E-state index in [9.17, 15) is 23.2 Å². The summed E-state index contributed by atoms with van der Waals surface area (Å²) in [6, 6.07) is 3.04. The highest BCUT2D eigenvalue weighted by atomic mass is 32.2. The lowest BCUT2D eigenvalue weighted by atomic mass is 10.3. The van der Waals surface area contributed by atoms with Crippen molar-refractivity contribution in [3.05, 3.63) is 29.8 Å². The Labute approximate surface area is 140 Å². The second kappa shape index (κ2) is 7.78. The predicted octanol–water partition coefficient (Wildman–Crippen LogP) is 2.26. The molecule has 0 aliphatic carbocycles. The second-order valence-corrected chi connectivity index (χ2v) is 7.04. The average Bonchev–Trinajstić information content (AvgIpc) is 2.82. The quantitative estimate of drug-likeness (QED) is 0.789. The van der Waals surface area contributed by atoms with E-state index in [1.807, 2.05) is 0 Å². The zero-order valence-electron chi connectivity index (χ0n) is 12.2. The third-order valence-electron chi connectivity index (χ3n) is 3.04. The van der Waals surface area contributed by atoms with Gasteiger partial charge in [0.1, 0.15) is 11.6 Å². The molecule has 1 heterocycles. The molecule has 0 unspecified atom stereocenters. The van der Waals surface area contributed by atoms with Crippen LogP contribution in [-0.2, 0) is 9.59 Å². The van der Waals surface area contributed by atoms with Gasteiger partial charge >= 0.3 is 0 Å². The maximum atomic E-state index is 13.5. The van der Waals surface area contributed by atoms with Crippen molar-refractivity contribution < 1.29 is 23.2 Å². The van der Waals surface area contributed by atoms with Gasteiger partial charge in [-0.1, -0.05) is 11.8 Å². The minimum atomic E-state index is -0.648. The number of rotatable bonds is 6. The molecule has 1 saturated heterocycles. The van der Waals surface area contributed by atoms with Crippen molar-refractivity contribution in [2.24, 2.45) is 0 Å². The summed E-state index contributed by atoms with van der Waals surface area (Å²) >= 11 is 1.82. The van der Waals surface area contributed by atoms with Crippen LogP contribution in [0.15, 0.2) is 23.1 Å². The number of nitrogens with one attached hydrogen (secondary N) is 1. The molecule has 0 radical (unpaired) electrons. The van der Waals surface area contributed by atoms with Gasteiger partial charge in [0.25, 0.3) is 5.24 Å². The average molecular weight is 360 g/mol. The Morgan fingerprint density at radius 3 is 2.83 bits per heavy atom. The first-order chi connectivity index (χ1) is 10.9. The fourth-order valence-corrected chi connectivity index (χ4v) is 3.53. The number of benzene rings is 1. The van der Waals surface area contributed by atoms with Crippen LogP contribution < -0.4 is 5.32 Å². The minimum Gasteiger partial charge on any atom is -0.353 e. The number of imide groups is 1. The summed E-state index contributed by atoms with van der Waals surface area (Å²) in [6.45, 7) is 1.78. The number of halogens is 2. The molecule has 0 bridgehead atoms. The van der Waals surface area contributed by atoms with Gasteiger partial charge in [0, 0.05) is 18.0 Å². The van der Waals surface area contributed by atoms with Gasteiger partial charge in [-0.25, -0.2) is 8.78 Å². The Hall–Kier alpha value is -1.61. The third kappa shape index (κ3) is 4.68. The Morgan fingerprint density at radius 1 is 1.43 bits per heavy atom. The predicted molar refractivity (Wildman–Crippen MR) is 84.3 cm³/mol. The molecule has 1 aliphatic heterocycles. The molecule has 0 aromatic heterocycles. The first kappa shape index (κ1) is 17.7. The molecule has 1 N–H and O–H groups in total. The van der Waals surface area contributed by atoms with E-state index in [1.54, 1.807) is 6.92 Å². The molecular formula is C14H14F2N2O3S2. The molecule has 1 atom stereocenters. The molecule has 5 nitrogen and oxygen atoms in total. The first-order valence-electron chi connectivity index (χ1n) is 6.75. The summed E-state index contributed by atoms with van der Waals surface area (Å²) in [5, 5.41) is 1.60. The van der Waals surface area contributed by atoms with Crippen LogP contribution in [0, 0.1) is 11.6 Å². The fourth-order valence-electron chi connectivity index (χ4n) is 1.84. The zero-order valence-corrected chi connectivity index (χ0v) is 13.8. The van der Waals surface area contributed by atoms with Crippen molar-refractivity contribution in [3.8, 4) is 0 Å². The Bertz CT molecular complexity index is 626. The fraction of sp³-hybridized carbons (Fsp3) is 0.357. The molecule has 1 aromatic carbocycles. The number of hydrogen-bond donors (Lipinski definition) is 1. The summed E-state index contributed by atoms with van der Waals surface area (Å²) in [7, 11) is 0. The Morgan fingerprint density at radius 2 is 2.17 bits per heavy atom. The Kier molecular flexibility index (Phi) is 6.00. The number of carbonyl (C=O) groups excluding carboxylic acids is 3. The van der Waals surface area contributed by atoms with Crippen LogP contribution in [-0.4, -0.2) is 46.0 Å². The molecule has 0 spiro atoms. The molecular weight excluding hydrogens is 346 g/mol. The van der Waals surface area contributed by atoms with Gasteiger partial charge in [0.2, 0.25) is 11.8 Å². The van der Waals surface area contributed by atoms with Crippen molar-refractivity contribution in [3.63, 3.8) is 0 Å². The monoisotopic (exact) mass is 360 g/mol. The van der Waals surface area contributed by atoms with E-state index in [4.69, 9.17) is 0 Å². The number of amides is 3. The van der Waals surface area contributed by atoms with E-state index >= 15 is 0 Å². The zero-order chi connectivity index (χ0) is 17.0. The van der Waals surface area contributed by atoms with Crippen molar-refractivity contribution >= 4 is 40.6 Å². The normalized spacial score (nSPS) is 15.9. The smallest absolute Gasteiger partial charge is 0.288 e. The van der Waals surface area contributed by atoms with Crippen molar-refractivity contribution in [2.75, 3.05) is 18.8 Å². The van der Waals surface area contributed by atoms with Crippen LogP contribution >= 0.6 is 23.5 Å². The van der Waals surface area contributed by atoms with Crippen LogP contribution in [0.5, 0.6) is 0 Å². The van der Waals surface area contributed by atoms with Crippen molar-refractivity contribution in [1.82, 2.24) is 10.2 Å². The van der Waals surface area contributed by atoms with Gasteiger partial charge in [-0.3, -0.25) is 19.3 Å². The number of carbonyl (C=O) groups is 3. The maximum Gasteiger partial charge on any atom is 0.288 e. The standard InChI is InChI=1S/C14H14F2N2O3S2/c1-8(23-11-6-9(15)2-3-10(11)16)13(20)17-4-5-18-12(19)7-22-14(18)21/h2-3,6,8H,4-5,7H2,1H3,(H,17,20)/t8-/m0/s1. The van der Waals surface area contributed by atoms with E-state index in [1.165, 1.54) is 0 Å². The summed E-state index contributed by atoms with van der Waals surface area (Å²) in [5.74, 6) is -1.71. The molecule has 23 heavy (non-hydrogen) atoms. The maximum absolute atomic E-state index is 13.5. The van der Waals surface area contributed by atoms with Gasteiger partial charge in [0.15, 0.2) is 0 Å². The summed E-state index contributed by atoms with van der Waals surface area (Å²) in [6.07, 6.45) is 0. The molecule has 1 aliphatic rings. The molecule has 1 aromatic rings. The lowest BCUT2D eigenvalue weighted by Crippen LogP contribution is -2.39. The molecule has 9 heteroatoms. The van der Waals surface area contributed by atoms with Crippen molar-refractivity contribution in [1.29, 1.82) is 0 Å². The molecule has 0 saturated carbocycles. The minimum absolute atomic E-state index is 0.0500. The van der Waals surface area contributed by atoms with Gasteiger partial charge in [-0.05, 0) is 25.1 Å². The van der Waals surface area contributed by atoms with Crippen LogP contribution in [0.4, 0.5) is 13.6 Å². The van der Waals surface area contributed by atoms with Crippen LogP contribution in [0.3, 0.4) is 0 Å². The topological polar surface area (TPSA) is 66.5 Å². The lowest BCUT2D eigenvalue weighted by Gasteiger charge is -2.15. The van der Waals surface area contributed by atoms with Gasteiger partial charge in [-0.15, -0.1) is 11.8 Å². The van der Waals surface area contributed by atoms with Gasteiger partial charge in [-0.2, -0.15) is 0 Å². The first-order valence-corrected chi connectivity index (χ1v) is 8.61. The molecule has 2 rings (SSSR count). The highest BCUT2D eigenvalue weighted by Crippen LogP contribution is 2.26. The number of thioether (sulfide) groups is 2.